The SMILES string of the molecule is CC(C)(C)c1ccc(C(=O)NCC(=O)Nc2ccc(OCC(=O)O)cc2)cc1. The second-order valence-corrected chi connectivity index (χ2v) is 7.26. The van der Waals surface area contributed by atoms with Gasteiger partial charge in [-0.25, -0.2) is 4.79 Å². The first-order chi connectivity index (χ1) is 13.1. The Morgan fingerprint density at radius 2 is 1.57 bits per heavy atom. The van der Waals surface area contributed by atoms with E-state index in [1.165, 1.54) is 0 Å². The van der Waals surface area contributed by atoms with Gasteiger partial charge in [0.1, 0.15) is 5.75 Å². The van der Waals surface area contributed by atoms with Crippen molar-refractivity contribution in [2.24, 2.45) is 0 Å². The third kappa shape index (κ3) is 6.42. The molecule has 0 aliphatic rings. The van der Waals surface area contributed by atoms with Crippen LogP contribution < -0.4 is 15.4 Å². The minimum Gasteiger partial charge on any atom is -0.482 e. The van der Waals surface area contributed by atoms with Gasteiger partial charge >= 0.3 is 5.97 Å². The number of amides is 2. The predicted molar refractivity (Wildman–Crippen MR) is 106 cm³/mol. The lowest BCUT2D eigenvalue weighted by Crippen LogP contribution is -2.32. The highest BCUT2D eigenvalue weighted by molar-refractivity contribution is 5.99. The van der Waals surface area contributed by atoms with Gasteiger partial charge in [-0.15, -0.1) is 0 Å². The van der Waals surface area contributed by atoms with E-state index >= 15 is 0 Å². The van der Waals surface area contributed by atoms with Crippen molar-refractivity contribution >= 4 is 23.5 Å². The van der Waals surface area contributed by atoms with Crippen LogP contribution in [0.1, 0.15) is 36.7 Å². The molecule has 148 valence electrons. The molecule has 2 aromatic rings. The molecule has 0 saturated carbocycles. The van der Waals surface area contributed by atoms with E-state index in [0.717, 1.165) is 5.56 Å². The molecule has 0 radical (unpaired) electrons. The van der Waals surface area contributed by atoms with Crippen molar-refractivity contribution < 1.29 is 24.2 Å². The minimum absolute atomic E-state index is 0.00308. The van der Waals surface area contributed by atoms with Crippen molar-refractivity contribution in [3.05, 3.63) is 59.7 Å². The summed E-state index contributed by atoms with van der Waals surface area (Å²) in [5.41, 5.74) is 2.12. The van der Waals surface area contributed by atoms with Gasteiger partial charge in [-0.1, -0.05) is 32.9 Å². The van der Waals surface area contributed by atoms with E-state index in [4.69, 9.17) is 9.84 Å². The zero-order valence-corrected chi connectivity index (χ0v) is 16.1. The van der Waals surface area contributed by atoms with Crippen molar-refractivity contribution in [2.45, 2.75) is 26.2 Å². The average Bonchev–Trinajstić information content (AvgIpc) is 2.65. The largest absolute Gasteiger partial charge is 0.482 e. The predicted octanol–water partition coefficient (Wildman–Crippen LogP) is 2.82. The maximum atomic E-state index is 12.2. The highest BCUT2D eigenvalue weighted by atomic mass is 16.5. The zero-order valence-electron chi connectivity index (χ0n) is 16.1. The summed E-state index contributed by atoms with van der Waals surface area (Å²) in [6.07, 6.45) is 0. The molecule has 0 aliphatic carbocycles. The Labute approximate surface area is 163 Å². The molecule has 0 aliphatic heterocycles. The van der Waals surface area contributed by atoms with Gasteiger partial charge in [0.05, 0.1) is 6.54 Å². The smallest absolute Gasteiger partial charge is 0.341 e. The number of ether oxygens (including phenoxy) is 1. The Morgan fingerprint density at radius 3 is 2.11 bits per heavy atom. The molecule has 0 spiro atoms. The Balaban J connectivity index is 1.83. The van der Waals surface area contributed by atoms with Gasteiger partial charge < -0.3 is 20.5 Å². The van der Waals surface area contributed by atoms with E-state index < -0.39 is 12.6 Å². The van der Waals surface area contributed by atoms with E-state index in [9.17, 15) is 14.4 Å². The van der Waals surface area contributed by atoms with Crippen LogP contribution in [0.25, 0.3) is 0 Å². The molecule has 0 atom stereocenters. The summed E-state index contributed by atoms with van der Waals surface area (Å²) >= 11 is 0. The molecule has 7 nitrogen and oxygen atoms in total. The zero-order chi connectivity index (χ0) is 20.7. The number of rotatable bonds is 7. The summed E-state index contributed by atoms with van der Waals surface area (Å²) in [6, 6.07) is 13.6. The molecule has 3 N–H and O–H groups in total. The number of benzene rings is 2. The van der Waals surface area contributed by atoms with Crippen molar-refractivity contribution in [1.82, 2.24) is 5.32 Å². The Morgan fingerprint density at radius 1 is 0.964 bits per heavy atom. The van der Waals surface area contributed by atoms with Crippen LogP contribution in [0.3, 0.4) is 0 Å². The Hall–Kier alpha value is -3.35. The van der Waals surface area contributed by atoms with Gasteiger partial charge in [-0.05, 0) is 47.4 Å². The fourth-order valence-corrected chi connectivity index (χ4v) is 2.37. The monoisotopic (exact) mass is 384 g/mol. The van der Waals surface area contributed by atoms with Crippen LogP contribution in [0.2, 0.25) is 0 Å². The van der Waals surface area contributed by atoms with E-state index in [1.807, 2.05) is 12.1 Å². The van der Waals surface area contributed by atoms with Gasteiger partial charge in [0, 0.05) is 11.3 Å². The fraction of sp³-hybridized carbons (Fsp3) is 0.286. The molecule has 0 unspecified atom stereocenters. The second kappa shape index (κ2) is 9.03. The van der Waals surface area contributed by atoms with E-state index in [0.29, 0.717) is 17.0 Å². The van der Waals surface area contributed by atoms with Crippen LogP contribution in [0.4, 0.5) is 5.69 Å². The molecule has 0 aromatic heterocycles. The van der Waals surface area contributed by atoms with E-state index in [-0.39, 0.29) is 23.8 Å². The third-order valence-corrected chi connectivity index (χ3v) is 3.92. The summed E-state index contributed by atoms with van der Waals surface area (Å²) in [6.45, 7) is 5.68. The van der Waals surface area contributed by atoms with Gasteiger partial charge in [-0.2, -0.15) is 0 Å². The third-order valence-electron chi connectivity index (χ3n) is 3.92. The molecule has 2 rings (SSSR count). The first-order valence-corrected chi connectivity index (χ1v) is 8.78. The van der Waals surface area contributed by atoms with Crippen molar-refractivity contribution in [2.75, 3.05) is 18.5 Å². The number of anilines is 1. The normalized spacial score (nSPS) is 10.8. The Bertz CT molecular complexity index is 837. The molecular formula is C21H24N2O5. The molecule has 0 heterocycles. The van der Waals surface area contributed by atoms with Gasteiger partial charge in [0.2, 0.25) is 5.91 Å². The average molecular weight is 384 g/mol. The Kier molecular flexibility index (Phi) is 6.76. The lowest BCUT2D eigenvalue weighted by molar-refractivity contribution is -0.139. The van der Waals surface area contributed by atoms with E-state index in [2.05, 4.69) is 31.4 Å². The number of nitrogens with one attached hydrogen (secondary N) is 2. The summed E-state index contributed by atoms with van der Waals surface area (Å²) in [4.78, 5) is 34.6. The summed E-state index contributed by atoms with van der Waals surface area (Å²) in [7, 11) is 0. The molecule has 2 aromatic carbocycles. The summed E-state index contributed by atoms with van der Waals surface area (Å²) in [5, 5.41) is 13.8. The molecule has 0 saturated heterocycles. The minimum atomic E-state index is -1.07. The molecule has 2 amide bonds. The quantitative estimate of drug-likeness (QED) is 0.681. The maximum Gasteiger partial charge on any atom is 0.341 e. The molecular weight excluding hydrogens is 360 g/mol. The van der Waals surface area contributed by atoms with Gasteiger partial charge in [0.25, 0.3) is 5.91 Å². The lowest BCUT2D eigenvalue weighted by Gasteiger charge is -2.19. The molecule has 7 heteroatoms. The topological polar surface area (TPSA) is 105 Å². The van der Waals surface area contributed by atoms with E-state index in [1.54, 1.807) is 36.4 Å². The highest BCUT2D eigenvalue weighted by Crippen LogP contribution is 2.22. The van der Waals surface area contributed by atoms with Crippen molar-refractivity contribution in [3.63, 3.8) is 0 Å². The van der Waals surface area contributed by atoms with Crippen LogP contribution in [0.15, 0.2) is 48.5 Å². The molecule has 0 fully saturated rings. The van der Waals surface area contributed by atoms with Crippen LogP contribution in [-0.4, -0.2) is 36.0 Å². The van der Waals surface area contributed by atoms with Gasteiger partial charge in [0.15, 0.2) is 6.61 Å². The number of hydrogen-bond acceptors (Lipinski definition) is 4. The van der Waals surface area contributed by atoms with Gasteiger partial charge in [-0.3, -0.25) is 9.59 Å². The first kappa shape index (κ1) is 21.0. The van der Waals surface area contributed by atoms with Crippen LogP contribution in [-0.2, 0) is 15.0 Å². The second-order valence-electron chi connectivity index (χ2n) is 7.26. The van der Waals surface area contributed by atoms with Crippen molar-refractivity contribution in [3.8, 4) is 5.75 Å². The maximum absolute atomic E-state index is 12.2. The summed E-state index contributed by atoms with van der Waals surface area (Å²) < 4.78 is 5.02. The number of carbonyl (C=O) groups is 3. The molecule has 0 bridgehead atoms. The number of hydrogen-bond donors (Lipinski definition) is 3. The standard InChI is InChI=1S/C21H24N2O5/c1-21(2,3)15-6-4-14(5-7-15)20(27)22-12-18(24)23-16-8-10-17(11-9-16)28-13-19(25)26/h4-11H,12-13H2,1-3H3,(H,22,27)(H,23,24)(H,25,26). The summed E-state index contributed by atoms with van der Waals surface area (Å²) in [5.74, 6) is -1.39. The molecule has 28 heavy (non-hydrogen) atoms. The van der Waals surface area contributed by atoms with Crippen LogP contribution in [0.5, 0.6) is 5.75 Å². The fourth-order valence-electron chi connectivity index (χ4n) is 2.37. The first-order valence-electron chi connectivity index (χ1n) is 8.78. The number of carbonyl (C=O) groups excluding carboxylic acids is 2. The lowest BCUT2D eigenvalue weighted by atomic mass is 9.87. The highest BCUT2D eigenvalue weighted by Gasteiger charge is 2.14. The number of aliphatic carboxylic acids is 1. The van der Waals surface area contributed by atoms with Crippen LogP contribution >= 0.6 is 0 Å². The van der Waals surface area contributed by atoms with Crippen molar-refractivity contribution in [1.29, 1.82) is 0 Å². The van der Waals surface area contributed by atoms with Crippen LogP contribution in [0, 0.1) is 0 Å². The number of carboxylic acid groups (broad SMARTS) is 1. The number of carboxylic acids is 1.